The standard InChI is InChI=1S/C24H22ClN2O5/c1-30-20-12-17(13-21(31-2)22(20)32-3)27-23(28)18-6-4-5-7-19(18)26(24(27)29)14-15-8-10-16(25)11-9-15/h4-13,18H,14H2,1-3H3/q+1. The maximum absolute atomic E-state index is 13.6. The SMILES string of the molecule is COc1cc(N2C(=O)C3C=CC=CC3=[N+](Cc3ccc(Cl)cc3)C2=O)cc(OC)c1OC. The molecule has 7 nitrogen and oxygen atoms in total. The Bertz CT molecular complexity index is 1140. The van der Waals surface area contributed by atoms with Gasteiger partial charge in [-0.15, -0.1) is 4.90 Å². The van der Waals surface area contributed by atoms with E-state index in [2.05, 4.69) is 0 Å². The van der Waals surface area contributed by atoms with Crippen molar-refractivity contribution in [2.24, 2.45) is 5.92 Å². The summed E-state index contributed by atoms with van der Waals surface area (Å²) >= 11 is 6.01. The third kappa shape index (κ3) is 3.76. The molecule has 2 aliphatic rings. The molecule has 4 rings (SSSR count). The number of benzene rings is 2. The lowest BCUT2D eigenvalue weighted by Gasteiger charge is -2.27. The van der Waals surface area contributed by atoms with E-state index in [1.165, 1.54) is 21.3 Å². The van der Waals surface area contributed by atoms with Crippen molar-refractivity contribution in [3.8, 4) is 17.2 Å². The highest BCUT2D eigenvalue weighted by atomic mass is 35.5. The number of methoxy groups -OCH3 is 3. The lowest BCUT2D eigenvalue weighted by atomic mass is 9.94. The summed E-state index contributed by atoms with van der Waals surface area (Å²) < 4.78 is 17.8. The van der Waals surface area contributed by atoms with Crippen molar-refractivity contribution in [2.45, 2.75) is 6.54 Å². The number of urea groups is 1. The van der Waals surface area contributed by atoms with Crippen LogP contribution in [0.1, 0.15) is 5.56 Å². The van der Waals surface area contributed by atoms with Gasteiger partial charge in [-0.3, -0.25) is 0 Å². The molecule has 1 heterocycles. The van der Waals surface area contributed by atoms with E-state index < -0.39 is 11.9 Å². The fraction of sp³-hybridized carbons (Fsp3) is 0.208. The number of ether oxygens (including phenoxy) is 3. The summed E-state index contributed by atoms with van der Waals surface area (Å²) in [6.45, 7) is 0.286. The largest absolute Gasteiger partial charge is 0.506 e. The molecule has 0 spiro atoms. The van der Waals surface area contributed by atoms with Crippen molar-refractivity contribution in [3.63, 3.8) is 0 Å². The van der Waals surface area contributed by atoms with Gasteiger partial charge in [0.25, 0.3) is 0 Å². The van der Waals surface area contributed by atoms with Crippen LogP contribution in [0, 0.1) is 5.92 Å². The van der Waals surface area contributed by atoms with Crippen LogP contribution in [0.5, 0.6) is 17.2 Å². The molecule has 1 unspecified atom stereocenters. The second-order valence-corrected chi connectivity index (χ2v) is 7.64. The van der Waals surface area contributed by atoms with Crippen LogP contribution in [0.15, 0.2) is 60.7 Å². The smallest absolute Gasteiger partial charge is 0.493 e. The molecule has 2 aromatic carbocycles. The van der Waals surface area contributed by atoms with Gasteiger partial charge in [-0.1, -0.05) is 42.0 Å². The van der Waals surface area contributed by atoms with Crippen LogP contribution >= 0.6 is 11.6 Å². The molecule has 3 amide bonds. The van der Waals surface area contributed by atoms with E-state index >= 15 is 0 Å². The Morgan fingerprint density at radius 3 is 2.22 bits per heavy atom. The van der Waals surface area contributed by atoms with Crippen LogP contribution in [0.25, 0.3) is 0 Å². The highest BCUT2D eigenvalue weighted by Crippen LogP contribution is 2.42. The number of hydrogen-bond acceptors (Lipinski definition) is 5. The van der Waals surface area contributed by atoms with Crippen molar-refractivity contribution >= 4 is 34.9 Å². The Hall–Kier alpha value is -3.58. The van der Waals surface area contributed by atoms with Crippen LogP contribution in [0.4, 0.5) is 10.5 Å². The third-order valence-electron chi connectivity index (χ3n) is 5.38. The maximum Gasteiger partial charge on any atom is 0.506 e. The van der Waals surface area contributed by atoms with E-state index in [1.54, 1.807) is 47.1 Å². The molecule has 1 atom stereocenters. The molecule has 2 aromatic rings. The Balaban J connectivity index is 1.83. The fourth-order valence-corrected chi connectivity index (χ4v) is 3.95. The molecule has 0 fully saturated rings. The molecular formula is C24H22ClN2O5+. The number of allylic oxidation sites excluding steroid dienone is 3. The Kier molecular flexibility index (Phi) is 6.01. The van der Waals surface area contributed by atoms with E-state index in [9.17, 15) is 9.59 Å². The molecule has 1 aliphatic heterocycles. The number of amides is 3. The summed E-state index contributed by atoms with van der Waals surface area (Å²) in [5, 5.41) is 0.610. The van der Waals surface area contributed by atoms with Crippen LogP contribution in [0.3, 0.4) is 0 Å². The number of hydrogen-bond donors (Lipinski definition) is 0. The number of halogens is 1. The van der Waals surface area contributed by atoms with Crippen LogP contribution in [-0.4, -0.2) is 43.6 Å². The van der Waals surface area contributed by atoms with E-state index in [4.69, 9.17) is 25.8 Å². The monoisotopic (exact) mass is 453 g/mol. The molecule has 164 valence electrons. The molecule has 0 saturated carbocycles. The highest BCUT2D eigenvalue weighted by molar-refractivity contribution is 6.30. The predicted molar refractivity (Wildman–Crippen MR) is 121 cm³/mol. The van der Waals surface area contributed by atoms with Gasteiger partial charge in [0.15, 0.2) is 11.5 Å². The average Bonchev–Trinajstić information content (AvgIpc) is 2.82. The van der Waals surface area contributed by atoms with Gasteiger partial charge in [-0.05, 0) is 23.8 Å². The molecule has 0 N–H and O–H groups in total. The zero-order chi connectivity index (χ0) is 22.8. The van der Waals surface area contributed by atoms with E-state index in [0.717, 1.165) is 10.5 Å². The van der Waals surface area contributed by atoms with Crippen molar-refractivity contribution in [1.82, 2.24) is 0 Å². The number of imide groups is 1. The van der Waals surface area contributed by atoms with Gasteiger partial charge >= 0.3 is 11.9 Å². The summed E-state index contributed by atoms with van der Waals surface area (Å²) in [5.41, 5.74) is 1.84. The molecule has 1 aliphatic carbocycles. The first kappa shape index (κ1) is 21.6. The first-order chi connectivity index (χ1) is 15.5. The second-order valence-electron chi connectivity index (χ2n) is 7.20. The number of carbonyl (C=O) groups excluding carboxylic acids is 2. The van der Waals surface area contributed by atoms with E-state index in [0.29, 0.717) is 33.7 Å². The number of anilines is 1. The zero-order valence-corrected chi connectivity index (χ0v) is 18.6. The van der Waals surface area contributed by atoms with Gasteiger partial charge in [0.2, 0.25) is 5.75 Å². The predicted octanol–water partition coefficient (Wildman–Crippen LogP) is 4.23. The minimum atomic E-state index is -0.593. The van der Waals surface area contributed by atoms with Gasteiger partial charge in [-0.25, -0.2) is 4.79 Å². The molecule has 32 heavy (non-hydrogen) atoms. The molecule has 0 aromatic heterocycles. The number of carbonyl (C=O) groups is 2. The summed E-state index contributed by atoms with van der Waals surface area (Å²) in [6, 6.07) is 9.96. The Morgan fingerprint density at radius 2 is 1.62 bits per heavy atom. The summed E-state index contributed by atoms with van der Waals surface area (Å²) in [6.07, 6.45) is 7.19. The molecular weight excluding hydrogens is 432 g/mol. The molecule has 8 heteroatoms. The fourth-order valence-electron chi connectivity index (χ4n) is 3.83. The number of nitrogens with zero attached hydrogens (tertiary/aromatic N) is 2. The molecule has 0 bridgehead atoms. The minimum Gasteiger partial charge on any atom is -0.493 e. The van der Waals surface area contributed by atoms with Crippen LogP contribution < -0.4 is 19.1 Å². The molecule has 0 saturated heterocycles. The maximum atomic E-state index is 13.6. The zero-order valence-electron chi connectivity index (χ0n) is 17.9. The Morgan fingerprint density at radius 1 is 0.969 bits per heavy atom. The Labute approximate surface area is 190 Å². The van der Waals surface area contributed by atoms with Gasteiger partial charge in [-0.2, -0.15) is 9.37 Å². The van der Waals surface area contributed by atoms with Crippen LogP contribution in [0.2, 0.25) is 5.02 Å². The minimum absolute atomic E-state index is 0.286. The highest BCUT2D eigenvalue weighted by Gasteiger charge is 2.48. The average molecular weight is 454 g/mol. The lowest BCUT2D eigenvalue weighted by molar-refractivity contribution is -0.445. The van der Waals surface area contributed by atoms with Gasteiger partial charge in [0.1, 0.15) is 23.9 Å². The topological polar surface area (TPSA) is 68.1 Å². The van der Waals surface area contributed by atoms with E-state index in [1.807, 2.05) is 18.2 Å². The number of fused-ring (bicyclic) bond motifs is 1. The summed E-state index contributed by atoms with van der Waals surface area (Å²) in [4.78, 5) is 28.2. The van der Waals surface area contributed by atoms with E-state index in [-0.39, 0.29) is 12.5 Å². The molecule has 0 radical (unpaired) electrons. The van der Waals surface area contributed by atoms with Gasteiger partial charge < -0.3 is 14.2 Å². The second kappa shape index (κ2) is 8.88. The third-order valence-corrected chi connectivity index (χ3v) is 5.63. The van der Waals surface area contributed by atoms with Crippen LogP contribution in [-0.2, 0) is 11.3 Å². The first-order valence-corrected chi connectivity index (χ1v) is 10.3. The summed E-state index contributed by atoms with van der Waals surface area (Å²) in [7, 11) is 4.45. The van der Waals surface area contributed by atoms with Crippen molar-refractivity contribution in [2.75, 3.05) is 26.2 Å². The van der Waals surface area contributed by atoms with Crippen molar-refractivity contribution in [3.05, 3.63) is 71.3 Å². The lowest BCUT2D eigenvalue weighted by Crippen LogP contribution is -2.54. The quantitative estimate of drug-likeness (QED) is 0.612. The van der Waals surface area contributed by atoms with Crippen molar-refractivity contribution < 1.29 is 28.4 Å². The van der Waals surface area contributed by atoms with Crippen molar-refractivity contribution in [1.29, 1.82) is 0 Å². The number of rotatable bonds is 6. The van der Waals surface area contributed by atoms with Gasteiger partial charge in [0, 0.05) is 17.2 Å². The summed E-state index contributed by atoms with van der Waals surface area (Å²) in [5.74, 6) is 0.124. The van der Waals surface area contributed by atoms with Gasteiger partial charge in [0.05, 0.1) is 21.3 Å². The first-order valence-electron chi connectivity index (χ1n) is 9.90. The normalized spacial score (nSPS) is 17.5.